The molecule has 3 aromatic rings. The lowest BCUT2D eigenvalue weighted by molar-refractivity contribution is 1.07. The Hall–Kier alpha value is -3.15. The van der Waals surface area contributed by atoms with Gasteiger partial charge in [-0.1, -0.05) is 36.4 Å². The molecule has 3 rings (SSSR count). The summed E-state index contributed by atoms with van der Waals surface area (Å²) < 4.78 is 0. The van der Waals surface area contributed by atoms with Crippen molar-refractivity contribution >= 4 is 17.0 Å². The smallest absolute Gasteiger partial charge is 0.123 e. The predicted molar refractivity (Wildman–Crippen MR) is 90.7 cm³/mol. The van der Waals surface area contributed by atoms with E-state index < -0.39 is 0 Å². The van der Waals surface area contributed by atoms with Crippen LogP contribution < -0.4 is 5.32 Å². The third kappa shape index (κ3) is 3.21. The summed E-state index contributed by atoms with van der Waals surface area (Å²) in [7, 11) is 0. The zero-order valence-corrected chi connectivity index (χ0v) is 13.0. The van der Waals surface area contributed by atoms with E-state index in [1.807, 2.05) is 35.7 Å². The van der Waals surface area contributed by atoms with E-state index in [1.54, 1.807) is 29.5 Å². The zero-order valence-electron chi connectivity index (χ0n) is 12.2. The van der Waals surface area contributed by atoms with Gasteiger partial charge in [0.15, 0.2) is 0 Å². The molecule has 0 atom stereocenters. The molecule has 0 saturated carbocycles. The summed E-state index contributed by atoms with van der Waals surface area (Å²) in [5.74, 6) is 0. The minimum absolute atomic E-state index is 0.461. The number of nitrogens with one attached hydrogen (secondary N) is 1. The summed E-state index contributed by atoms with van der Waals surface area (Å²) in [5.41, 5.74) is 3.45. The van der Waals surface area contributed by atoms with Gasteiger partial charge in [0, 0.05) is 10.9 Å². The van der Waals surface area contributed by atoms with Crippen molar-refractivity contribution in [3.8, 4) is 22.7 Å². The van der Waals surface area contributed by atoms with Crippen LogP contribution in [0.4, 0.5) is 5.69 Å². The first kappa shape index (κ1) is 14.8. The largest absolute Gasteiger partial charge is 0.377 e. The van der Waals surface area contributed by atoms with Crippen LogP contribution >= 0.6 is 11.3 Å². The van der Waals surface area contributed by atoms with Crippen molar-refractivity contribution in [3.63, 3.8) is 0 Å². The fourth-order valence-corrected chi connectivity index (χ4v) is 3.04. The normalized spacial score (nSPS) is 9.83. The Labute approximate surface area is 138 Å². The van der Waals surface area contributed by atoms with Gasteiger partial charge in [-0.05, 0) is 12.1 Å². The van der Waals surface area contributed by atoms with Gasteiger partial charge in [-0.2, -0.15) is 10.5 Å². The average Bonchev–Trinajstić information content (AvgIpc) is 3.09. The van der Waals surface area contributed by atoms with E-state index in [2.05, 4.69) is 22.4 Å². The lowest BCUT2D eigenvalue weighted by atomic mass is 10.1. The van der Waals surface area contributed by atoms with Gasteiger partial charge in [-0.25, -0.2) is 4.98 Å². The summed E-state index contributed by atoms with van der Waals surface area (Å²) in [5, 5.41) is 24.5. The Kier molecular flexibility index (Phi) is 4.33. The first-order valence-electron chi connectivity index (χ1n) is 6.98. The highest BCUT2D eigenvalue weighted by Crippen LogP contribution is 2.25. The van der Waals surface area contributed by atoms with E-state index >= 15 is 0 Å². The van der Waals surface area contributed by atoms with Crippen LogP contribution in [0, 0.1) is 22.7 Å². The Morgan fingerprint density at radius 1 is 0.957 bits per heavy atom. The van der Waals surface area contributed by atoms with Crippen molar-refractivity contribution in [1.82, 2.24) is 4.98 Å². The Balaban J connectivity index is 1.79. The molecule has 1 heterocycles. The number of thiazole rings is 1. The van der Waals surface area contributed by atoms with E-state index in [0.717, 1.165) is 16.3 Å². The maximum Gasteiger partial charge on any atom is 0.123 e. The number of aromatic nitrogens is 1. The molecule has 0 fully saturated rings. The van der Waals surface area contributed by atoms with Gasteiger partial charge < -0.3 is 5.32 Å². The van der Waals surface area contributed by atoms with E-state index in [9.17, 15) is 10.5 Å². The monoisotopic (exact) mass is 316 g/mol. The van der Waals surface area contributed by atoms with Crippen molar-refractivity contribution in [3.05, 3.63) is 70.7 Å². The maximum absolute atomic E-state index is 9.18. The van der Waals surface area contributed by atoms with Crippen LogP contribution in [0.25, 0.3) is 10.6 Å². The van der Waals surface area contributed by atoms with E-state index in [1.165, 1.54) is 0 Å². The standard InChI is InChI=1S/C18H12N4S/c19-9-14-7-4-8-15(10-20)17(14)21-11-16-12-23-18(22-16)13-5-2-1-3-6-13/h1-8,12,21H,11H2. The lowest BCUT2D eigenvalue weighted by Crippen LogP contribution is -2.03. The molecule has 110 valence electrons. The second-order valence-electron chi connectivity index (χ2n) is 4.82. The summed E-state index contributed by atoms with van der Waals surface area (Å²) in [6, 6.07) is 19.3. The molecule has 0 unspecified atom stereocenters. The number of benzene rings is 2. The van der Waals surface area contributed by atoms with Crippen LogP contribution in [0.3, 0.4) is 0 Å². The van der Waals surface area contributed by atoms with E-state index in [4.69, 9.17) is 0 Å². The van der Waals surface area contributed by atoms with Crippen molar-refractivity contribution < 1.29 is 0 Å². The molecular formula is C18H12N4S. The second kappa shape index (κ2) is 6.74. The fourth-order valence-electron chi connectivity index (χ4n) is 2.21. The molecule has 4 nitrogen and oxygen atoms in total. The van der Waals surface area contributed by atoms with Crippen molar-refractivity contribution in [2.24, 2.45) is 0 Å². The predicted octanol–water partition coefficient (Wildman–Crippen LogP) is 4.17. The SMILES string of the molecule is N#Cc1cccc(C#N)c1NCc1csc(-c2ccccc2)n1. The zero-order chi connectivity index (χ0) is 16.1. The Morgan fingerprint density at radius 3 is 2.30 bits per heavy atom. The maximum atomic E-state index is 9.18. The van der Waals surface area contributed by atoms with Crippen LogP contribution in [-0.4, -0.2) is 4.98 Å². The minimum atomic E-state index is 0.461. The molecule has 5 heteroatoms. The van der Waals surface area contributed by atoms with Crippen molar-refractivity contribution in [2.45, 2.75) is 6.54 Å². The number of nitriles is 2. The van der Waals surface area contributed by atoms with Crippen molar-refractivity contribution in [2.75, 3.05) is 5.32 Å². The Morgan fingerprint density at radius 2 is 1.65 bits per heavy atom. The summed E-state index contributed by atoms with van der Waals surface area (Å²) in [6.07, 6.45) is 0. The topological polar surface area (TPSA) is 72.5 Å². The first-order chi connectivity index (χ1) is 11.3. The number of nitrogens with zero attached hydrogens (tertiary/aromatic N) is 3. The lowest BCUT2D eigenvalue weighted by Gasteiger charge is -2.08. The molecule has 2 aromatic carbocycles. The van der Waals surface area contributed by atoms with Crippen LogP contribution in [0.15, 0.2) is 53.9 Å². The average molecular weight is 316 g/mol. The molecule has 0 amide bonds. The van der Waals surface area contributed by atoms with Crippen LogP contribution in [0.2, 0.25) is 0 Å². The molecule has 23 heavy (non-hydrogen) atoms. The van der Waals surface area contributed by atoms with Crippen LogP contribution in [0.1, 0.15) is 16.8 Å². The van der Waals surface area contributed by atoms with Gasteiger partial charge in [-0.3, -0.25) is 0 Å². The van der Waals surface area contributed by atoms with Crippen LogP contribution in [0.5, 0.6) is 0 Å². The minimum Gasteiger partial charge on any atom is -0.377 e. The summed E-state index contributed by atoms with van der Waals surface area (Å²) in [6.45, 7) is 0.469. The highest BCUT2D eigenvalue weighted by molar-refractivity contribution is 7.13. The van der Waals surface area contributed by atoms with Gasteiger partial charge >= 0.3 is 0 Å². The first-order valence-corrected chi connectivity index (χ1v) is 7.86. The third-order valence-corrected chi connectivity index (χ3v) is 4.26. The highest BCUT2D eigenvalue weighted by atomic mass is 32.1. The number of rotatable bonds is 4. The molecule has 0 aliphatic heterocycles. The van der Waals surface area contributed by atoms with E-state index in [0.29, 0.717) is 23.4 Å². The number of anilines is 1. The number of hydrogen-bond acceptors (Lipinski definition) is 5. The molecule has 0 aliphatic rings. The molecule has 0 radical (unpaired) electrons. The Bertz CT molecular complexity index is 869. The van der Waals surface area contributed by atoms with Gasteiger partial charge in [0.1, 0.15) is 17.1 Å². The molecule has 1 N–H and O–H groups in total. The molecule has 0 spiro atoms. The van der Waals surface area contributed by atoms with Crippen molar-refractivity contribution in [1.29, 1.82) is 10.5 Å². The van der Waals surface area contributed by atoms with Gasteiger partial charge in [0.2, 0.25) is 0 Å². The van der Waals surface area contributed by atoms with Gasteiger partial charge in [0.05, 0.1) is 29.1 Å². The second-order valence-corrected chi connectivity index (χ2v) is 5.67. The molecule has 0 aliphatic carbocycles. The quantitative estimate of drug-likeness (QED) is 0.784. The van der Waals surface area contributed by atoms with Gasteiger partial charge in [0.25, 0.3) is 0 Å². The summed E-state index contributed by atoms with van der Waals surface area (Å²) >= 11 is 1.58. The molecule has 0 saturated heterocycles. The fraction of sp³-hybridized carbons (Fsp3) is 0.0556. The van der Waals surface area contributed by atoms with E-state index in [-0.39, 0.29) is 0 Å². The molecule has 1 aromatic heterocycles. The van der Waals surface area contributed by atoms with Crippen LogP contribution in [-0.2, 0) is 6.54 Å². The molecule has 0 bridgehead atoms. The highest BCUT2D eigenvalue weighted by Gasteiger charge is 2.09. The third-order valence-electron chi connectivity index (χ3n) is 3.32. The number of hydrogen-bond donors (Lipinski definition) is 1. The summed E-state index contributed by atoms with van der Waals surface area (Å²) in [4.78, 5) is 4.60. The number of para-hydroxylation sites is 1. The van der Waals surface area contributed by atoms with Gasteiger partial charge in [-0.15, -0.1) is 11.3 Å². The molecular weight excluding hydrogens is 304 g/mol.